The standard InChI is InChI=1S/C31H34N2O2/c1-19-13-23(14-20(2)29(19)34-27-11-7-9-25(32)17-27)31(5,6)24-15-21(3)30(22(4)16-24)35-28-12-8-10-26(33)18-28/h7-18H,32-33H2,1-6H3. The van der Waals surface area contributed by atoms with Crippen LogP contribution >= 0.6 is 0 Å². The van der Waals surface area contributed by atoms with Gasteiger partial charge in [0.25, 0.3) is 0 Å². The van der Waals surface area contributed by atoms with E-state index in [1.165, 1.54) is 11.1 Å². The van der Waals surface area contributed by atoms with Gasteiger partial charge >= 0.3 is 0 Å². The van der Waals surface area contributed by atoms with Crippen LogP contribution in [0, 0.1) is 27.7 Å². The molecule has 0 heterocycles. The highest BCUT2D eigenvalue weighted by molar-refractivity contribution is 5.55. The zero-order valence-electron chi connectivity index (χ0n) is 21.4. The molecule has 4 N–H and O–H groups in total. The van der Waals surface area contributed by atoms with Gasteiger partial charge in [0.2, 0.25) is 0 Å². The summed E-state index contributed by atoms with van der Waals surface area (Å²) in [6.45, 7) is 12.9. The Bertz CT molecular complexity index is 1240. The van der Waals surface area contributed by atoms with Crippen LogP contribution in [0.1, 0.15) is 47.2 Å². The van der Waals surface area contributed by atoms with Crippen LogP contribution in [0.3, 0.4) is 0 Å². The molecule has 0 aliphatic carbocycles. The smallest absolute Gasteiger partial charge is 0.133 e. The van der Waals surface area contributed by atoms with Crippen molar-refractivity contribution in [1.82, 2.24) is 0 Å². The first-order chi connectivity index (χ1) is 16.5. The molecule has 0 saturated heterocycles. The minimum atomic E-state index is -0.212. The molecule has 0 aromatic heterocycles. The van der Waals surface area contributed by atoms with Crippen molar-refractivity contribution in [1.29, 1.82) is 0 Å². The van der Waals surface area contributed by atoms with E-state index in [1.54, 1.807) is 0 Å². The molecule has 0 fully saturated rings. The van der Waals surface area contributed by atoms with E-state index < -0.39 is 0 Å². The van der Waals surface area contributed by atoms with Crippen molar-refractivity contribution in [3.8, 4) is 23.0 Å². The van der Waals surface area contributed by atoms with Crippen LogP contribution in [-0.4, -0.2) is 0 Å². The van der Waals surface area contributed by atoms with E-state index in [0.29, 0.717) is 11.4 Å². The van der Waals surface area contributed by atoms with Gasteiger partial charge in [-0.05, 0) is 85.3 Å². The first-order valence-electron chi connectivity index (χ1n) is 11.8. The highest BCUT2D eigenvalue weighted by atomic mass is 16.5. The zero-order chi connectivity index (χ0) is 25.3. The van der Waals surface area contributed by atoms with Crippen molar-refractivity contribution in [2.45, 2.75) is 47.0 Å². The molecule has 0 aliphatic rings. The number of aryl methyl sites for hydroxylation is 4. The van der Waals surface area contributed by atoms with Gasteiger partial charge in [0, 0.05) is 28.9 Å². The predicted octanol–water partition coefficient (Wildman–Crippen LogP) is 8.00. The van der Waals surface area contributed by atoms with Crippen LogP contribution in [0.15, 0.2) is 72.8 Å². The zero-order valence-corrected chi connectivity index (χ0v) is 21.4. The van der Waals surface area contributed by atoms with Gasteiger partial charge in [0.05, 0.1) is 0 Å². The normalized spacial score (nSPS) is 11.4. The molecule has 0 unspecified atom stereocenters. The van der Waals surface area contributed by atoms with Gasteiger partial charge in [-0.15, -0.1) is 0 Å². The second-order valence-electron chi connectivity index (χ2n) is 9.85. The summed E-state index contributed by atoms with van der Waals surface area (Å²) in [4.78, 5) is 0. The van der Waals surface area contributed by atoms with Crippen molar-refractivity contribution in [3.63, 3.8) is 0 Å². The Morgan fingerprint density at radius 2 is 0.886 bits per heavy atom. The Kier molecular flexibility index (Phi) is 6.49. The predicted molar refractivity (Wildman–Crippen MR) is 146 cm³/mol. The topological polar surface area (TPSA) is 70.5 Å². The summed E-state index contributed by atoms with van der Waals surface area (Å²) in [5.41, 5.74) is 19.8. The number of hydrogen-bond donors (Lipinski definition) is 2. The van der Waals surface area contributed by atoms with Gasteiger partial charge in [-0.2, -0.15) is 0 Å². The quantitative estimate of drug-likeness (QED) is 0.282. The maximum atomic E-state index is 6.21. The largest absolute Gasteiger partial charge is 0.457 e. The molecular formula is C31H34N2O2. The van der Waals surface area contributed by atoms with Crippen molar-refractivity contribution in [2.24, 2.45) is 0 Å². The second kappa shape index (κ2) is 9.38. The lowest BCUT2D eigenvalue weighted by Gasteiger charge is -2.29. The number of benzene rings is 4. The number of ether oxygens (including phenoxy) is 2. The molecule has 4 rings (SSSR count). The lowest BCUT2D eigenvalue weighted by atomic mass is 9.76. The Balaban J connectivity index is 1.66. The number of hydrogen-bond acceptors (Lipinski definition) is 4. The number of nitrogen functional groups attached to an aromatic ring is 2. The lowest BCUT2D eigenvalue weighted by Crippen LogP contribution is -2.20. The molecule has 180 valence electrons. The second-order valence-corrected chi connectivity index (χ2v) is 9.85. The summed E-state index contributed by atoms with van der Waals surface area (Å²) >= 11 is 0. The summed E-state index contributed by atoms with van der Waals surface area (Å²) in [5, 5.41) is 0. The third-order valence-electron chi connectivity index (χ3n) is 6.52. The summed E-state index contributed by atoms with van der Waals surface area (Å²) < 4.78 is 12.4. The molecule has 4 heteroatoms. The lowest BCUT2D eigenvalue weighted by molar-refractivity contribution is 0.473. The van der Waals surface area contributed by atoms with Crippen molar-refractivity contribution < 1.29 is 9.47 Å². The first-order valence-corrected chi connectivity index (χ1v) is 11.8. The van der Waals surface area contributed by atoms with Gasteiger partial charge in [-0.25, -0.2) is 0 Å². The molecule has 4 aromatic rings. The summed E-state index contributed by atoms with van der Waals surface area (Å²) in [7, 11) is 0. The molecule has 4 nitrogen and oxygen atoms in total. The Labute approximate surface area is 208 Å². The van der Waals surface area contributed by atoms with Gasteiger partial charge in [-0.1, -0.05) is 50.2 Å². The van der Waals surface area contributed by atoms with E-state index in [2.05, 4.69) is 65.8 Å². The van der Waals surface area contributed by atoms with Crippen LogP contribution in [-0.2, 0) is 5.41 Å². The van der Waals surface area contributed by atoms with E-state index in [9.17, 15) is 0 Å². The molecular weight excluding hydrogens is 432 g/mol. The third-order valence-corrected chi connectivity index (χ3v) is 6.52. The molecule has 0 aliphatic heterocycles. The molecule has 0 spiro atoms. The van der Waals surface area contributed by atoms with E-state index in [-0.39, 0.29) is 5.41 Å². The number of rotatable bonds is 6. The minimum Gasteiger partial charge on any atom is -0.457 e. The minimum absolute atomic E-state index is 0.212. The Hall–Kier alpha value is -3.92. The molecule has 4 aromatic carbocycles. The molecule has 0 radical (unpaired) electrons. The molecule has 0 amide bonds. The van der Waals surface area contributed by atoms with E-state index >= 15 is 0 Å². The molecule has 0 saturated carbocycles. The van der Waals surface area contributed by atoms with Crippen molar-refractivity contribution in [3.05, 3.63) is 106 Å². The van der Waals surface area contributed by atoms with Crippen molar-refractivity contribution >= 4 is 11.4 Å². The summed E-state index contributed by atoms with van der Waals surface area (Å²) in [6.07, 6.45) is 0. The molecule has 0 atom stereocenters. The molecule has 0 bridgehead atoms. The summed E-state index contributed by atoms with van der Waals surface area (Å²) in [5.74, 6) is 3.22. The fourth-order valence-corrected chi connectivity index (χ4v) is 4.50. The number of anilines is 2. The maximum Gasteiger partial charge on any atom is 0.133 e. The first kappa shape index (κ1) is 24.2. The van der Waals surface area contributed by atoms with Crippen LogP contribution in [0.4, 0.5) is 11.4 Å². The monoisotopic (exact) mass is 466 g/mol. The van der Waals surface area contributed by atoms with Gasteiger partial charge in [-0.3, -0.25) is 0 Å². The average molecular weight is 467 g/mol. The maximum absolute atomic E-state index is 6.21. The highest BCUT2D eigenvalue weighted by Gasteiger charge is 2.26. The van der Waals surface area contributed by atoms with Gasteiger partial charge in [0.1, 0.15) is 23.0 Å². The van der Waals surface area contributed by atoms with Gasteiger partial charge in [0.15, 0.2) is 0 Å². The van der Waals surface area contributed by atoms with Gasteiger partial charge < -0.3 is 20.9 Å². The Morgan fingerprint density at radius 1 is 0.543 bits per heavy atom. The van der Waals surface area contributed by atoms with E-state index in [0.717, 1.165) is 45.3 Å². The highest BCUT2D eigenvalue weighted by Crippen LogP contribution is 2.40. The van der Waals surface area contributed by atoms with Crippen LogP contribution in [0.2, 0.25) is 0 Å². The fourth-order valence-electron chi connectivity index (χ4n) is 4.50. The fraction of sp³-hybridized carbons (Fsp3) is 0.226. The average Bonchev–Trinajstić information content (AvgIpc) is 2.78. The SMILES string of the molecule is Cc1cc(C(C)(C)c2cc(C)c(Oc3cccc(N)c3)c(C)c2)cc(C)c1Oc1cccc(N)c1. The molecule has 35 heavy (non-hydrogen) atoms. The summed E-state index contributed by atoms with van der Waals surface area (Å²) in [6, 6.07) is 23.9. The third kappa shape index (κ3) is 5.12. The van der Waals surface area contributed by atoms with E-state index in [4.69, 9.17) is 20.9 Å². The van der Waals surface area contributed by atoms with Crippen LogP contribution < -0.4 is 20.9 Å². The Morgan fingerprint density at radius 3 is 1.20 bits per heavy atom. The number of nitrogens with two attached hydrogens (primary N) is 2. The van der Waals surface area contributed by atoms with Crippen LogP contribution in [0.25, 0.3) is 0 Å². The van der Waals surface area contributed by atoms with E-state index in [1.807, 2.05) is 48.5 Å². The van der Waals surface area contributed by atoms with Crippen LogP contribution in [0.5, 0.6) is 23.0 Å². The van der Waals surface area contributed by atoms with Crippen molar-refractivity contribution in [2.75, 3.05) is 11.5 Å².